The van der Waals surface area contributed by atoms with Crippen LogP contribution in [0.15, 0.2) is 77.5 Å². The molecule has 2 fully saturated rings. The summed E-state index contributed by atoms with van der Waals surface area (Å²) in [4.78, 5) is 72.9. The largest absolute Gasteiger partial charge is 0.444 e. The molecular formula is C28H17N7O7. The van der Waals surface area contributed by atoms with Crippen LogP contribution in [-0.4, -0.2) is 57.2 Å². The number of aromatic nitrogens is 2. The minimum Gasteiger partial charge on any atom is -0.444 e. The van der Waals surface area contributed by atoms with Crippen LogP contribution in [0, 0.1) is 11.3 Å². The third kappa shape index (κ3) is 4.00. The van der Waals surface area contributed by atoms with Gasteiger partial charge in [0.2, 0.25) is 11.8 Å². The van der Waals surface area contributed by atoms with E-state index in [1.165, 1.54) is 18.4 Å². The number of likely N-dealkylation sites (N-methyl/N-ethyl adjacent to an activating group) is 1. The van der Waals surface area contributed by atoms with Crippen molar-refractivity contribution in [1.29, 1.82) is 5.26 Å². The number of oxazole rings is 1. The number of carbonyl (C=O) groups excluding carboxylic acids is 5. The fraction of sp³-hybridized carbons (Fsp3) is 0.0714. The van der Waals surface area contributed by atoms with Crippen molar-refractivity contribution in [2.24, 2.45) is 0 Å². The van der Waals surface area contributed by atoms with Gasteiger partial charge in [-0.1, -0.05) is 12.1 Å². The summed E-state index contributed by atoms with van der Waals surface area (Å²) < 4.78 is 11.4. The first-order valence-corrected chi connectivity index (χ1v) is 12.2. The van der Waals surface area contributed by atoms with E-state index in [1.807, 2.05) is 10.6 Å². The Morgan fingerprint density at radius 2 is 1.57 bits per heavy atom. The Bertz CT molecular complexity index is 1800. The number of hydrogen-bond acceptors (Lipinski definition) is 10. The predicted molar refractivity (Wildman–Crippen MR) is 141 cm³/mol. The molecule has 2 aromatic carbocycles. The van der Waals surface area contributed by atoms with Crippen molar-refractivity contribution in [3.05, 3.63) is 78.7 Å². The SMILES string of the molecule is CN1C(=O)N(c2ccc(Oc3ccc(-c4nc(-c5ccc(C#N)cc5)co4)cc3)nc2)C2(C(=O)NC(=O)NC2=O)C1=O. The van der Waals surface area contributed by atoms with Crippen LogP contribution >= 0.6 is 0 Å². The van der Waals surface area contributed by atoms with E-state index in [0.29, 0.717) is 38.3 Å². The Balaban J connectivity index is 1.19. The van der Waals surface area contributed by atoms with Gasteiger partial charge in [0, 0.05) is 24.2 Å². The molecule has 6 rings (SSSR count). The van der Waals surface area contributed by atoms with E-state index in [9.17, 15) is 24.0 Å². The monoisotopic (exact) mass is 563 g/mol. The highest BCUT2D eigenvalue weighted by atomic mass is 16.5. The highest BCUT2D eigenvalue weighted by molar-refractivity contribution is 6.43. The summed E-state index contributed by atoms with van der Waals surface area (Å²) in [6.45, 7) is 0. The third-order valence-corrected chi connectivity index (χ3v) is 6.66. The number of carbonyl (C=O) groups is 5. The first-order valence-electron chi connectivity index (χ1n) is 12.2. The van der Waals surface area contributed by atoms with E-state index in [-0.39, 0.29) is 11.6 Å². The minimum absolute atomic E-state index is 0.0537. The van der Waals surface area contributed by atoms with Gasteiger partial charge >= 0.3 is 12.1 Å². The lowest BCUT2D eigenvalue weighted by molar-refractivity contribution is -0.145. The second kappa shape index (κ2) is 9.68. The van der Waals surface area contributed by atoms with Gasteiger partial charge in [0.25, 0.3) is 23.3 Å². The quantitative estimate of drug-likeness (QED) is 0.270. The molecule has 1 spiro atoms. The number of imide groups is 3. The smallest absolute Gasteiger partial charge is 0.332 e. The molecule has 2 saturated heterocycles. The Labute approximate surface area is 236 Å². The summed E-state index contributed by atoms with van der Waals surface area (Å²) in [5.74, 6) is -2.73. The zero-order chi connectivity index (χ0) is 29.6. The molecule has 2 aliphatic rings. The van der Waals surface area contributed by atoms with E-state index in [2.05, 4.69) is 16.0 Å². The topological polar surface area (TPSA) is 188 Å². The maximum absolute atomic E-state index is 12.9. The number of rotatable bonds is 5. The molecule has 0 radical (unpaired) electrons. The molecule has 0 saturated carbocycles. The second-order valence-corrected chi connectivity index (χ2v) is 9.14. The number of urea groups is 2. The summed E-state index contributed by atoms with van der Waals surface area (Å²) in [5.41, 5.74) is -0.0597. The Morgan fingerprint density at radius 1 is 0.905 bits per heavy atom. The van der Waals surface area contributed by atoms with Crippen molar-refractivity contribution >= 4 is 35.5 Å². The van der Waals surface area contributed by atoms with Crippen LogP contribution in [0.4, 0.5) is 15.3 Å². The Kier molecular flexibility index (Phi) is 5.97. The van der Waals surface area contributed by atoms with Gasteiger partial charge in [-0.25, -0.2) is 19.6 Å². The van der Waals surface area contributed by atoms with Crippen molar-refractivity contribution in [3.8, 4) is 40.4 Å². The first-order chi connectivity index (χ1) is 20.2. The van der Waals surface area contributed by atoms with Gasteiger partial charge < -0.3 is 9.15 Å². The van der Waals surface area contributed by atoms with Crippen molar-refractivity contribution in [2.75, 3.05) is 11.9 Å². The lowest BCUT2D eigenvalue weighted by Gasteiger charge is -2.34. The van der Waals surface area contributed by atoms with Gasteiger partial charge in [0.05, 0.1) is 23.5 Å². The van der Waals surface area contributed by atoms with Crippen LogP contribution < -0.4 is 20.3 Å². The number of nitrogens with zero attached hydrogens (tertiary/aromatic N) is 5. The molecular weight excluding hydrogens is 546 g/mol. The number of nitriles is 1. The van der Waals surface area contributed by atoms with Gasteiger partial charge in [0.15, 0.2) is 0 Å². The molecule has 4 aromatic rings. The molecule has 2 N–H and O–H groups in total. The Hall–Kier alpha value is -6.36. The van der Waals surface area contributed by atoms with E-state index < -0.39 is 35.3 Å². The standard InChI is InChI=1S/C28H17N7O7/c1-34-25(38)28(23(36)32-26(39)33-24(28)37)35(27(34)40)18-8-11-21(30-13-18)42-19-9-6-17(7-10-19)22-31-20(14-41-22)16-4-2-15(12-29)3-5-16/h2-11,13-14H,1H3,(H2,32,33,36,37,39). The molecule has 0 bridgehead atoms. The summed E-state index contributed by atoms with van der Waals surface area (Å²) >= 11 is 0. The number of hydrogen-bond donors (Lipinski definition) is 2. The van der Waals surface area contributed by atoms with E-state index in [0.717, 1.165) is 18.8 Å². The van der Waals surface area contributed by atoms with Gasteiger partial charge in [-0.05, 0) is 42.5 Å². The number of ether oxygens (including phenoxy) is 1. The van der Waals surface area contributed by atoms with Crippen LogP contribution in [-0.2, 0) is 14.4 Å². The summed E-state index contributed by atoms with van der Waals surface area (Å²) in [6, 6.07) is 16.5. The zero-order valence-electron chi connectivity index (χ0n) is 21.5. The lowest BCUT2D eigenvalue weighted by atomic mass is 9.93. The van der Waals surface area contributed by atoms with E-state index in [4.69, 9.17) is 14.4 Å². The van der Waals surface area contributed by atoms with Crippen molar-refractivity contribution in [1.82, 2.24) is 25.5 Å². The molecule has 42 heavy (non-hydrogen) atoms. The van der Waals surface area contributed by atoms with Crippen LogP contribution in [0.3, 0.4) is 0 Å². The molecule has 7 amide bonds. The summed E-state index contributed by atoms with van der Waals surface area (Å²) in [6.07, 6.45) is 2.68. The molecule has 206 valence electrons. The molecule has 0 aliphatic carbocycles. The van der Waals surface area contributed by atoms with Gasteiger partial charge in [-0.3, -0.25) is 34.8 Å². The number of amides is 7. The van der Waals surface area contributed by atoms with E-state index >= 15 is 0 Å². The molecule has 4 heterocycles. The van der Waals surface area contributed by atoms with Gasteiger partial charge in [0.1, 0.15) is 17.7 Å². The van der Waals surface area contributed by atoms with Crippen LogP contribution in [0.1, 0.15) is 5.56 Å². The van der Waals surface area contributed by atoms with Crippen LogP contribution in [0.5, 0.6) is 11.6 Å². The number of pyridine rings is 1. The summed E-state index contributed by atoms with van der Waals surface area (Å²) in [7, 11) is 1.12. The molecule has 2 aliphatic heterocycles. The fourth-order valence-corrected chi connectivity index (χ4v) is 4.55. The molecule has 0 atom stereocenters. The van der Waals surface area contributed by atoms with Gasteiger partial charge in [-0.15, -0.1) is 0 Å². The maximum atomic E-state index is 12.9. The highest BCUT2D eigenvalue weighted by Crippen LogP contribution is 2.35. The van der Waals surface area contributed by atoms with Crippen molar-refractivity contribution < 1.29 is 33.1 Å². The molecule has 14 nitrogen and oxygen atoms in total. The normalized spacial score (nSPS) is 16.0. The van der Waals surface area contributed by atoms with Crippen LogP contribution in [0.25, 0.3) is 22.7 Å². The predicted octanol–water partition coefficient (Wildman–Crippen LogP) is 2.57. The van der Waals surface area contributed by atoms with Crippen molar-refractivity contribution in [3.63, 3.8) is 0 Å². The maximum Gasteiger partial charge on any atom is 0.332 e. The molecule has 0 unspecified atom stereocenters. The average molecular weight is 563 g/mol. The fourth-order valence-electron chi connectivity index (χ4n) is 4.55. The van der Waals surface area contributed by atoms with Crippen LogP contribution in [0.2, 0.25) is 0 Å². The van der Waals surface area contributed by atoms with E-state index in [1.54, 1.807) is 48.5 Å². The summed E-state index contributed by atoms with van der Waals surface area (Å²) in [5, 5.41) is 12.7. The number of barbiturate groups is 1. The minimum atomic E-state index is -2.64. The Morgan fingerprint density at radius 3 is 2.19 bits per heavy atom. The number of benzene rings is 2. The van der Waals surface area contributed by atoms with Gasteiger partial charge in [-0.2, -0.15) is 5.26 Å². The number of nitrogens with one attached hydrogen (secondary N) is 2. The zero-order valence-corrected chi connectivity index (χ0v) is 21.5. The van der Waals surface area contributed by atoms with Crippen molar-refractivity contribution in [2.45, 2.75) is 5.54 Å². The highest BCUT2D eigenvalue weighted by Gasteiger charge is 2.69. The number of anilines is 1. The molecule has 2 aromatic heterocycles. The first kappa shape index (κ1) is 25.9. The average Bonchev–Trinajstić information content (AvgIpc) is 3.56. The third-order valence-electron chi connectivity index (χ3n) is 6.66. The second-order valence-electron chi connectivity index (χ2n) is 9.14. The lowest BCUT2D eigenvalue weighted by Crippen LogP contribution is -2.74. The molecule has 14 heteroatoms.